The minimum atomic E-state index is -0.355. The molecule has 2 aliphatic heterocycles. The normalized spacial score (nSPS) is 26.4. The van der Waals surface area contributed by atoms with Gasteiger partial charge in [-0.3, -0.25) is 9.59 Å². The van der Waals surface area contributed by atoms with Crippen LogP contribution < -0.4 is 4.74 Å². The minimum Gasteiger partial charge on any atom is -0.488 e. The molecule has 0 aromatic heterocycles. The summed E-state index contributed by atoms with van der Waals surface area (Å²) in [6, 6.07) is 9.36. The van der Waals surface area contributed by atoms with Gasteiger partial charge >= 0.3 is 0 Å². The smallest absolute Gasteiger partial charge is 0.245 e. The van der Waals surface area contributed by atoms with Crippen molar-refractivity contribution < 1.29 is 14.3 Å². The van der Waals surface area contributed by atoms with Crippen molar-refractivity contribution in [2.45, 2.75) is 63.5 Å². The number of nitrogens with zero attached hydrogens (tertiary/aromatic N) is 2. The predicted molar refractivity (Wildman–Crippen MR) is 103 cm³/mol. The Morgan fingerprint density at radius 3 is 2.30 bits per heavy atom. The molecule has 146 valence electrons. The average Bonchev–Trinajstić information content (AvgIpc) is 3.39. The zero-order chi connectivity index (χ0) is 18.6. The Morgan fingerprint density at radius 1 is 0.889 bits per heavy atom. The maximum atomic E-state index is 13.2. The van der Waals surface area contributed by atoms with Crippen molar-refractivity contribution in [3.05, 3.63) is 30.3 Å². The highest BCUT2D eigenvalue weighted by Crippen LogP contribution is 2.31. The van der Waals surface area contributed by atoms with Crippen LogP contribution in [0.3, 0.4) is 0 Å². The number of benzene rings is 1. The van der Waals surface area contributed by atoms with E-state index in [-0.39, 0.29) is 29.9 Å². The second-order valence-electron chi connectivity index (χ2n) is 8.16. The van der Waals surface area contributed by atoms with E-state index in [0.29, 0.717) is 13.0 Å². The van der Waals surface area contributed by atoms with Gasteiger partial charge in [-0.15, -0.1) is 0 Å². The van der Waals surface area contributed by atoms with Crippen LogP contribution in [-0.2, 0) is 9.59 Å². The summed E-state index contributed by atoms with van der Waals surface area (Å²) in [4.78, 5) is 30.1. The summed E-state index contributed by atoms with van der Waals surface area (Å²) in [5.41, 5.74) is 0. The highest BCUT2D eigenvalue weighted by Gasteiger charge is 2.44. The second kappa shape index (κ2) is 8.32. The summed E-state index contributed by atoms with van der Waals surface area (Å²) in [5, 5.41) is 0. The fourth-order valence-electron chi connectivity index (χ4n) is 4.78. The van der Waals surface area contributed by atoms with Crippen molar-refractivity contribution in [1.82, 2.24) is 9.80 Å². The quantitative estimate of drug-likeness (QED) is 0.818. The third-order valence-corrected chi connectivity index (χ3v) is 6.25. The Morgan fingerprint density at radius 2 is 1.59 bits per heavy atom. The largest absolute Gasteiger partial charge is 0.488 e. The number of likely N-dealkylation sites (tertiary alicyclic amines) is 2. The Balaban J connectivity index is 1.49. The third-order valence-electron chi connectivity index (χ3n) is 6.25. The Bertz CT molecular complexity index is 651. The van der Waals surface area contributed by atoms with Crippen molar-refractivity contribution in [3.8, 4) is 5.75 Å². The van der Waals surface area contributed by atoms with Crippen LogP contribution in [0.1, 0.15) is 51.4 Å². The van der Waals surface area contributed by atoms with E-state index in [1.807, 2.05) is 40.1 Å². The summed E-state index contributed by atoms with van der Waals surface area (Å²) in [7, 11) is 0. The molecule has 2 atom stereocenters. The number of hydrogen-bond acceptors (Lipinski definition) is 3. The zero-order valence-electron chi connectivity index (χ0n) is 16.0. The van der Waals surface area contributed by atoms with Gasteiger partial charge in [-0.2, -0.15) is 0 Å². The summed E-state index contributed by atoms with van der Waals surface area (Å²) >= 11 is 0. The van der Waals surface area contributed by atoms with Crippen molar-refractivity contribution in [2.75, 3.05) is 19.6 Å². The summed E-state index contributed by atoms with van der Waals surface area (Å²) < 4.78 is 6.12. The number of para-hydroxylation sites is 1. The van der Waals surface area contributed by atoms with Gasteiger partial charge in [0.2, 0.25) is 11.8 Å². The molecule has 0 bridgehead atoms. The van der Waals surface area contributed by atoms with Gasteiger partial charge in [0.25, 0.3) is 0 Å². The number of ether oxygens (including phenoxy) is 1. The van der Waals surface area contributed by atoms with E-state index in [2.05, 4.69) is 0 Å². The van der Waals surface area contributed by atoms with Gasteiger partial charge in [0, 0.05) is 25.4 Å². The van der Waals surface area contributed by atoms with Gasteiger partial charge in [0.1, 0.15) is 17.9 Å². The molecule has 1 aliphatic carbocycles. The fourth-order valence-corrected chi connectivity index (χ4v) is 4.78. The number of hydrogen-bond donors (Lipinski definition) is 0. The molecule has 5 nitrogen and oxygen atoms in total. The SMILES string of the molecule is O=C(C1CC(Oc2ccccc2)CN1C(=O)C1CCCCC1)N1CCCC1. The Labute approximate surface area is 161 Å². The zero-order valence-corrected chi connectivity index (χ0v) is 16.0. The molecule has 27 heavy (non-hydrogen) atoms. The predicted octanol–water partition coefficient (Wildman–Crippen LogP) is 3.24. The van der Waals surface area contributed by atoms with Crippen molar-refractivity contribution in [2.24, 2.45) is 5.92 Å². The van der Waals surface area contributed by atoms with Crippen LogP contribution in [0, 0.1) is 5.92 Å². The van der Waals surface area contributed by atoms with Crippen LogP contribution in [-0.4, -0.2) is 53.4 Å². The van der Waals surface area contributed by atoms with Crippen LogP contribution >= 0.6 is 0 Å². The summed E-state index contributed by atoms with van der Waals surface area (Å²) in [6.07, 6.45) is 8.02. The van der Waals surface area contributed by atoms with Crippen LogP contribution in [0.15, 0.2) is 30.3 Å². The molecule has 1 saturated carbocycles. The second-order valence-corrected chi connectivity index (χ2v) is 8.16. The third kappa shape index (κ3) is 4.12. The maximum Gasteiger partial charge on any atom is 0.245 e. The van der Waals surface area contributed by atoms with E-state index in [9.17, 15) is 9.59 Å². The van der Waals surface area contributed by atoms with Crippen molar-refractivity contribution >= 4 is 11.8 Å². The van der Waals surface area contributed by atoms with Crippen molar-refractivity contribution in [1.29, 1.82) is 0 Å². The van der Waals surface area contributed by atoms with Gasteiger partial charge in [0.05, 0.1) is 6.54 Å². The molecule has 2 unspecified atom stereocenters. The summed E-state index contributed by atoms with van der Waals surface area (Å²) in [6.45, 7) is 2.17. The lowest BCUT2D eigenvalue weighted by Gasteiger charge is -2.31. The van der Waals surface area contributed by atoms with Crippen LogP contribution in [0.2, 0.25) is 0 Å². The van der Waals surface area contributed by atoms with Gasteiger partial charge < -0.3 is 14.5 Å². The highest BCUT2D eigenvalue weighted by molar-refractivity contribution is 5.89. The standard InChI is InChI=1S/C22H30N2O3/c25-21(17-9-3-1-4-10-17)24-16-19(27-18-11-5-2-6-12-18)15-20(24)22(26)23-13-7-8-14-23/h2,5-6,11-12,17,19-20H,1,3-4,7-10,13-16H2. The molecule has 2 saturated heterocycles. The van der Waals surface area contributed by atoms with Crippen LogP contribution in [0.4, 0.5) is 0 Å². The van der Waals surface area contributed by atoms with Gasteiger partial charge in [0.15, 0.2) is 0 Å². The first-order valence-corrected chi connectivity index (χ1v) is 10.5. The molecule has 2 amide bonds. The topological polar surface area (TPSA) is 49.9 Å². The molecular weight excluding hydrogens is 340 g/mol. The Kier molecular flexibility index (Phi) is 5.65. The lowest BCUT2D eigenvalue weighted by atomic mass is 9.88. The molecule has 1 aromatic carbocycles. The molecule has 0 N–H and O–H groups in total. The van der Waals surface area contributed by atoms with Crippen LogP contribution in [0.5, 0.6) is 5.75 Å². The molecule has 0 radical (unpaired) electrons. The molecular formula is C22H30N2O3. The van der Waals surface area contributed by atoms with E-state index >= 15 is 0 Å². The van der Waals surface area contributed by atoms with Gasteiger partial charge in [-0.25, -0.2) is 0 Å². The molecule has 3 fully saturated rings. The van der Waals surface area contributed by atoms with E-state index in [0.717, 1.165) is 57.4 Å². The lowest BCUT2D eigenvalue weighted by molar-refractivity contribution is -0.146. The number of carbonyl (C=O) groups excluding carboxylic acids is 2. The van der Waals surface area contributed by atoms with Gasteiger partial charge in [-0.1, -0.05) is 37.5 Å². The maximum absolute atomic E-state index is 13.2. The molecule has 0 spiro atoms. The Hall–Kier alpha value is -2.04. The number of amides is 2. The average molecular weight is 370 g/mol. The number of carbonyl (C=O) groups is 2. The molecule has 2 heterocycles. The molecule has 5 heteroatoms. The summed E-state index contributed by atoms with van der Waals surface area (Å²) in [5.74, 6) is 1.19. The van der Waals surface area contributed by atoms with E-state index in [1.165, 1.54) is 6.42 Å². The lowest BCUT2D eigenvalue weighted by Crippen LogP contribution is -2.48. The fraction of sp³-hybridized carbons (Fsp3) is 0.636. The minimum absolute atomic E-state index is 0.0862. The van der Waals surface area contributed by atoms with E-state index < -0.39 is 0 Å². The van der Waals surface area contributed by atoms with Crippen molar-refractivity contribution in [3.63, 3.8) is 0 Å². The first kappa shape index (κ1) is 18.3. The molecule has 4 rings (SSSR count). The molecule has 1 aromatic rings. The number of rotatable bonds is 4. The van der Waals surface area contributed by atoms with Gasteiger partial charge in [-0.05, 0) is 37.8 Å². The van der Waals surface area contributed by atoms with E-state index in [1.54, 1.807) is 0 Å². The molecule has 3 aliphatic rings. The first-order chi connectivity index (χ1) is 13.2. The van der Waals surface area contributed by atoms with Crippen LogP contribution in [0.25, 0.3) is 0 Å². The monoisotopic (exact) mass is 370 g/mol. The first-order valence-electron chi connectivity index (χ1n) is 10.5. The highest BCUT2D eigenvalue weighted by atomic mass is 16.5. The van der Waals surface area contributed by atoms with E-state index in [4.69, 9.17) is 4.74 Å².